The second kappa shape index (κ2) is 10.2. The minimum absolute atomic E-state index is 0.0106. The lowest BCUT2D eigenvalue weighted by Gasteiger charge is -2.19. The Hall–Kier alpha value is -2.50. The van der Waals surface area contributed by atoms with E-state index in [9.17, 15) is 0 Å². The first-order valence-corrected chi connectivity index (χ1v) is 9.71. The molecule has 0 aliphatic carbocycles. The Kier molecular flexibility index (Phi) is 7.91. The van der Waals surface area contributed by atoms with Gasteiger partial charge in [0.15, 0.2) is 0 Å². The van der Waals surface area contributed by atoms with Gasteiger partial charge in [0.1, 0.15) is 5.69 Å². The molecule has 3 aromatic rings. The zero-order chi connectivity index (χ0) is 20.7. The Morgan fingerprint density at radius 3 is 2.18 bits per heavy atom. The molecule has 28 heavy (non-hydrogen) atoms. The molecule has 1 atom stereocenters. The van der Waals surface area contributed by atoms with Gasteiger partial charge >= 0.3 is 0 Å². The maximum atomic E-state index is 7.00. The molecule has 0 aliphatic heterocycles. The van der Waals surface area contributed by atoms with Crippen LogP contribution in [0.1, 0.15) is 51.0 Å². The number of aliphatic hydroxyl groups excluding tert-OH is 1. The number of hydrogen-bond acceptors (Lipinski definition) is 4. The molecule has 5 heteroatoms. The molecule has 3 rings (SSSR count). The number of benzene rings is 2. The van der Waals surface area contributed by atoms with Crippen LogP contribution in [0, 0.1) is 6.92 Å². The smallest absolute Gasteiger partial charge is 0.121 e. The van der Waals surface area contributed by atoms with E-state index in [-0.39, 0.29) is 12.1 Å². The van der Waals surface area contributed by atoms with E-state index in [1.807, 2.05) is 11.6 Å². The average molecular weight is 382 g/mol. The Morgan fingerprint density at radius 1 is 0.964 bits per heavy atom. The highest BCUT2D eigenvalue weighted by Crippen LogP contribution is 2.37. The predicted octanol–water partition coefficient (Wildman–Crippen LogP) is 5.21. The van der Waals surface area contributed by atoms with Crippen molar-refractivity contribution in [3.63, 3.8) is 0 Å². The zero-order valence-electron chi connectivity index (χ0n) is 17.7. The van der Waals surface area contributed by atoms with Crippen LogP contribution < -0.4 is 0 Å². The van der Waals surface area contributed by atoms with Gasteiger partial charge in [0, 0.05) is 30.9 Å². The standard InChI is InChI=1S/C22H27N3O.CH4O/c1-6-26-17(5)19-13-9-10-14-20(19)22-21(23-24-25(22)15(2)3)18-12-8-7-11-16(18)4;1-2/h7-15,17H,6H2,1-5H3;2H,1H3. The van der Waals surface area contributed by atoms with Crippen LogP contribution in [0.4, 0.5) is 0 Å². The molecule has 0 spiro atoms. The van der Waals surface area contributed by atoms with Gasteiger partial charge in [-0.3, -0.25) is 0 Å². The van der Waals surface area contributed by atoms with Gasteiger partial charge < -0.3 is 9.84 Å². The Bertz CT molecular complexity index is 887. The lowest BCUT2D eigenvalue weighted by molar-refractivity contribution is 0.0767. The summed E-state index contributed by atoms with van der Waals surface area (Å²) < 4.78 is 7.90. The first-order valence-electron chi connectivity index (χ1n) is 9.71. The van der Waals surface area contributed by atoms with Crippen molar-refractivity contribution >= 4 is 0 Å². The lowest BCUT2D eigenvalue weighted by atomic mass is 9.95. The van der Waals surface area contributed by atoms with E-state index in [0.29, 0.717) is 6.61 Å². The van der Waals surface area contributed by atoms with Gasteiger partial charge in [-0.1, -0.05) is 53.7 Å². The molecular weight excluding hydrogens is 350 g/mol. The SMILES string of the molecule is CCOC(C)c1ccccc1-c1c(-c2ccccc2C)nnn1C(C)C.CO. The molecule has 1 N–H and O–H groups in total. The highest BCUT2D eigenvalue weighted by Gasteiger charge is 2.23. The molecule has 1 unspecified atom stereocenters. The molecule has 0 saturated carbocycles. The van der Waals surface area contributed by atoms with E-state index in [1.54, 1.807) is 0 Å². The van der Waals surface area contributed by atoms with Crippen molar-refractivity contribution in [2.75, 3.05) is 13.7 Å². The van der Waals surface area contributed by atoms with Crippen LogP contribution in [0.3, 0.4) is 0 Å². The quantitative estimate of drug-likeness (QED) is 0.637. The van der Waals surface area contributed by atoms with E-state index in [1.165, 1.54) is 5.56 Å². The Morgan fingerprint density at radius 2 is 1.57 bits per heavy atom. The van der Waals surface area contributed by atoms with Gasteiger partial charge in [-0.15, -0.1) is 5.10 Å². The summed E-state index contributed by atoms with van der Waals surface area (Å²) in [7, 11) is 1.00. The molecule has 0 amide bonds. The second-order valence-corrected chi connectivity index (χ2v) is 6.82. The number of aryl methyl sites for hydroxylation is 1. The van der Waals surface area contributed by atoms with Crippen LogP contribution >= 0.6 is 0 Å². The van der Waals surface area contributed by atoms with Crippen molar-refractivity contribution in [2.45, 2.75) is 46.8 Å². The van der Waals surface area contributed by atoms with E-state index < -0.39 is 0 Å². The van der Waals surface area contributed by atoms with Crippen molar-refractivity contribution in [1.29, 1.82) is 0 Å². The fourth-order valence-corrected chi connectivity index (χ4v) is 3.33. The molecule has 2 aromatic carbocycles. The van der Waals surface area contributed by atoms with Crippen molar-refractivity contribution in [1.82, 2.24) is 15.0 Å². The number of aromatic nitrogens is 3. The van der Waals surface area contributed by atoms with Crippen molar-refractivity contribution < 1.29 is 9.84 Å². The number of aliphatic hydroxyl groups is 1. The summed E-state index contributed by atoms with van der Waals surface area (Å²) in [5, 5.41) is 16.0. The fraction of sp³-hybridized carbons (Fsp3) is 0.391. The molecule has 1 aromatic heterocycles. The van der Waals surface area contributed by atoms with Gasteiger partial charge in [0.25, 0.3) is 0 Å². The maximum Gasteiger partial charge on any atom is 0.121 e. The van der Waals surface area contributed by atoms with E-state index in [4.69, 9.17) is 9.84 Å². The number of rotatable bonds is 6. The van der Waals surface area contributed by atoms with Crippen LogP contribution in [0.5, 0.6) is 0 Å². The summed E-state index contributed by atoms with van der Waals surface area (Å²) >= 11 is 0. The van der Waals surface area contributed by atoms with Gasteiger partial charge in [-0.05, 0) is 45.7 Å². The molecule has 0 bridgehead atoms. The van der Waals surface area contributed by atoms with Crippen molar-refractivity contribution in [2.24, 2.45) is 0 Å². The van der Waals surface area contributed by atoms with Crippen LogP contribution in [-0.4, -0.2) is 33.8 Å². The van der Waals surface area contributed by atoms with Crippen LogP contribution in [0.15, 0.2) is 48.5 Å². The van der Waals surface area contributed by atoms with Gasteiger partial charge in [-0.2, -0.15) is 0 Å². The van der Waals surface area contributed by atoms with Crippen LogP contribution in [0.25, 0.3) is 22.5 Å². The van der Waals surface area contributed by atoms with Crippen molar-refractivity contribution in [3.05, 3.63) is 59.7 Å². The highest BCUT2D eigenvalue weighted by molar-refractivity contribution is 5.81. The first-order chi connectivity index (χ1) is 13.5. The third-order valence-corrected chi connectivity index (χ3v) is 4.65. The number of ether oxygens (including phenoxy) is 1. The number of hydrogen-bond donors (Lipinski definition) is 1. The second-order valence-electron chi connectivity index (χ2n) is 6.82. The summed E-state index contributed by atoms with van der Waals surface area (Å²) in [6.07, 6.45) is 0.0106. The summed E-state index contributed by atoms with van der Waals surface area (Å²) in [6.45, 7) is 11.2. The molecule has 1 heterocycles. The third kappa shape index (κ3) is 4.49. The summed E-state index contributed by atoms with van der Waals surface area (Å²) in [5.74, 6) is 0. The molecule has 0 radical (unpaired) electrons. The summed E-state index contributed by atoms with van der Waals surface area (Å²) in [4.78, 5) is 0. The summed E-state index contributed by atoms with van der Waals surface area (Å²) in [5.41, 5.74) is 6.58. The molecule has 0 fully saturated rings. The lowest BCUT2D eigenvalue weighted by Crippen LogP contribution is -2.08. The summed E-state index contributed by atoms with van der Waals surface area (Å²) in [6, 6.07) is 16.9. The topological polar surface area (TPSA) is 60.2 Å². The van der Waals surface area contributed by atoms with Gasteiger partial charge in [0.05, 0.1) is 11.8 Å². The average Bonchev–Trinajstić information content (AvgIpc) is 3.15. The molecule has 5 nitrogen and oxygen atoms in total. The Labute approximate surface area is 168 Å². The maximum absolute atomic E-state index is 7.00. The predicted molar refractivity (Wildman–Crippen MR) is 114 cm³/mol. The number of nitrogens with zero attached hydrogens (tertiary/aromatic N) is 3. The van der Waals surface area contributed by atoms with Gasteiger partial charge in [0.2, 0.25) is 0 Å². The van der Waals surface area contributed by atoms with E-state index >= 15 is 0 Å². The van der Waals surface area contributed by atoms with Crippen LogP contribution in [0.2, 0.25) is 0 Å². The van der Waals surface area contributed by atoms with Crippen molar-refractivity contribution in [3.8, 4) is 22.5 Å². The van der Waals surface area contributed by atoms with E-state index in [0.717, 1.165) is 35.2 Å². The first kappa shape index (κ1) is 21.8. The van der Waals surface area contributed by atoms with Gasteiger partial charge in [-0.25, -0.2) is 4.68 Å². The Balaban J connectivity index is 0.00000136. The normalized spacial score (nSPS) is 11.9. The largest absolute Gasteiger partial charge is 0.400 e. The highest BCUT2D eigenvalue weighted by atomic mass is 16.5. The molecular formula is C23H31N3O2. The minimum atomic E-state index is 0.0106. The zero-order valence-corrected chi connectivity index (χ0v) is 17.7. The third-order valence-electron chi connectivity index (χ3n) is 4.65. The monoisotopic (exact) mass is 381 g/mol. The molecule has 0 aliphatic rings. The minimum Gasteiger partial charge on any atom is -0.400 e. The fourth-order valence-electron chi connectivity index (χ4n) is 3.33. The molecule has 150 valence electrons. The molecule has 0 saturated heterocycles. The van der Waals surface area contributed by atoms with Crippen LogP contribution in [-0.2, 0) is 4.74 Å². The van der Waals surface area contributed by atoms with E-state index in [2.05, 4.69) is 86.5 Å².